The van der Waals surface area contributed by atoms with E-state index in [2.05, 4.69) is 4.98 Å². The minimum absolute atomic E-state index is 0.0877. The molecule has 7 nitrogen and oxygen atoms in total. The zero-order chi connectivity index (χ0) is 20.4. The molecule has 1 aromatic heterocycles. The van der Waals surface area contributed by atoms with Crippen molar-refractivity contribution in [3.05, 3.63) is 28.6 Å². The van der Waals surface area contributed by atoms with Gasteiger partial charge in [-0.3, -0.25) is 14.4 Å². The van der Waals surface area contributed by atoms with Crippen molar-refractivity contribution in [1.29, 1.82) is 0 Å². The van der Waals surface area contributed by atoms with E-state index in [0.29, 0.717) is 59.7 Å². The molecule has 0 spiro atoms. The van der Waals surface area contributed by atoms with Crippen LogP contribution in [0.25, 0.3) is 11.1 Å². The van der Waals surface area contributed by atoms with Gasteiger partial charge in [-0.05, 0) is 31.4 Å². The van der Waals surface area contributed by atoms with Crippen LogP contribution < -0.4 is 5.73 Å². The van der Waals surface area contributed by atoms with Crippen molar-refractivity contribution in [3.8, 4) is 0 Å². The topological polar surface area (TPSA) is 123 Å². The predicted octanol–water partition coefficient (Wildman–Crippen LogP) is 3.54. The Labute approximate surface area is 167 Å². The largest absolute Gasteiger partial charge is 0.480 e. The Morgan fingerprint density at radius 1 is 1.29 bits per heavy atom. The Morgan fingerprint density at radius 2 is 2.04 bits per heavy atom. The smallest absolute Gasteiger partial charge is 0.320 e. The first-order chi connectivity index (χ1) is 13.3. The minimum atomic E-state index is -1.01. The molecule has 0 amide bonds. The van der Waals surface area contributed by atoms with Crippen molar-refractivity contribution in [2.24, 2.45) is 17.6 Å². The number of aryl methyl sites for hydroxylation is 1. The summed E-state index contributed by atoms with van der Waals surface area (Å²) in [7, 11) is 0. The van der Waals surface area contributed by atoms with Crippen molar-refractivity contribution in [2.45, 2.75) is 51.5 Å². The fraction of sp³-hybridized carbons (Fsp3) is 0.500. The Hall–Kier alpha value is -2.25. The number of aliphatic carboxylic acids is 1. The van der Waals surface area contributed by atoms with Crippen LogP contribution in [0.15, 0.2) is 16.5 Å². The number of rotatable bonds is 10. The third kappa shape index (κ3) is 4.59. The number of hydrogen-bond donors (Lipinski definition) is 2. The van der Waals surface area contributed by atoms with Gasteiger partial charge < -0.3 is 15.3 Å². The third-order valence-corrected chi connectivity index (χ3v) is 5.41. The number of carboxylic acids is 1. The number of carbonyl (C=O) groups excluding carboxylic acids is 2. The van der Waals surface area contributed by atoms with Crippen LogP contribution in [0.3, 0.4) is 0 Å². The van der Waals surface area contributed by atoms with Gasteiger partial charge in [0.15, 0.2) is 17.3 Å². The standard InChI is InChI=1S/C20H23ClN2O5/c1-10-23-16-8-11(7-14(21)19(16)28-10)18(25)13-9-12(13)17(24)6-4-2-3-5-15(22)20(26)27/h7-8,12-13,15H,2-6,9,22H2,1H3,(H,26,27)/t12-,13-,15-/m0/s1. The van der Waals surface area contributed by atoms with Crippen molar-refractivity contribution < 1.29 is 23.9 Å². The van der Waals surface area contributed by atoms with Crippen LogP contribution in [-0.2, 0) is 9.59 Å². The van der Waals surface area contributed by atoms with Crippen LogP contribution in [0.1, 0.15) is 54.8 Å². The first kappa shape index (κ1) is 20.5. The number of unbranched alkanes of at least 4 members (excludes halogenated alkanes) is 2. The summed E-state index contributed by atoms with van der Waals surface area (Å²) in [5.41, 5.74) is 6.90. The second-order valence-electron chi connectivity index (χ2n) is 7.36. The number of fused-ring (bicyclic) bond motifs is 1. The summed E-state index contributed by atoms with van der Waals surface area (Å²) in [4.78, 5) is 39.9. The van der Waals surface area contributed by atoms with E-state index >= 15 is 0 Å². The van der Waals surface area contributed by atoms with Crippen molar-refractivity contribution in [1.82, 2.24) is 4.98 Å². The quantitative estimate of drug-likeness (QED) is 0.456. The van der Waals surface area contributed by atoms with Crippen LogP contribution in [0.4, 0.5) is 0 Å². The van der Waals surface area contributed by atoms with Crippen molar-refractivity contribution >= 4 is 40.2 Å². The first-order valence-electron chi connectivity index (χ1n) is 9.40. The average Bonchev–Trinajstić information content (AvgIpc) is 3.35. The van der Waals surface area contributed by atoms with Gasteiger partial charge in [0, 0.05) is 30.7 Å². The molecule has 0 radical (unpaired) electrons. The second-order valence-corrected chi connectivity index (χ2v) is 7.77. The SMILES string of the molecule is Cc1nc2cc(C(=O)[C@H]3C[C@@H]3C(=O)CCCCC[C@H](N)C(=O)O)cc(Cl)c2o1. The maximum absolute atomic E-state index is 12.7. The van der Waals surface area contributed by atoms with Gasteiger partial charge in [0.25, 0.3) is 0 Å². The number of halogens is 1. The molecule has 1 aromatic carbocycles. The number of aromatic nitrogens is 1. The molecule has 0 unspecified atom stereocenters. The molecule has 0 bridgehead atoms. The zero-order valence-electron chi connectivity index (χ0n) is 15.6. The van der Waals surface area contributed by atoms with Gasteiger partial charge in [0.05, 0.1) is 5.02 Å². The molecule has 1 aliphatic rings. The highest BCUT2D eigenvalue weighted by Crippen LogP contribution is 2.43. The van der Waals surface area contributed by atoms with Crippen LogP contribution in [-0.4, -0.2) is 33.7 Å². The molecular weight excluding hydrogens is 384 g/mol. The minimum Gasteiger partial charge on any atom is -0.480 e. The molecule has 3 atom stereocenters. The lowest BCUT2D eigenvalue weighted by Gasteiger charge is -2.05. The predicted molar refractivity (Wildman–Crippen MR) is 103 cm³/mol. The summed E-state index contributed by atoms with van der Waals surface area (Å²) in [6.07, 6.45) is 3.46. The Kier molecular flexibility index (Phi) is 6.15. The maximum Gasteiger partial charge on any atom is 0.320 e. The summed E-state index contributed by atoms with van der Waals surface area (Å²) < 4.78 is 5.41. The molecule has 1 saturated carbocycles. The average molecular weight is 407 g/mol. The van der Waals surface area contributed by atoms with E-state index in [1.54, 1.807) is 19.1 Å². The van der Waals surface area contributed by atoms with E-state index in [-0.39, 0.29) is 23.4 Å². The third-order valence-electron chi connectivity index (χ3n) is 5.13. The van der Waals surface area contributed by atoms with E-state index in [1.807, 2.05) is 0 Å². The number of nitrogens with zero attached hydrogens (tertiary/aromatic N) is 1. The van der Waals surface area contributed by atoms with Gasteiger partial charge in [-0.25, -0.2) is 4.98 Å². The number of Topliss-reactive ketones (excluding diaryl/α,β-unsaturated/α-hetero) is 2. The Bertz CT molecular complexity index is 923. The monoisotopic (exact) mass is 406 g/mol. The highest BCUT2D eigenvalue weighted by atomic mass is 35.5. The lowest BCUT2D eigenvalue weighted by atomic mass is 10.0. The molecule has 1 fully saturated rings. The molecule has 1 aliphatic carbocycles. The lowest BCUT2D eigenvalue weighted by Crippen LogP contribution is -2.29. The molecule has 8 heteroatoms. The van der Waals surface area contributed by atoms with Gasteiger partial charge in [-0.1, -0.05) is 24.4 Å². The van der Waals surface area contributed by atoms with Gasteiger partial charge in [-0.15, -0.1) is 0 Å². The van der Waals surface area contributed by atoms with Crippen LogP contribution in [0, 0.1) is 18.8 Å². The molecule has 1 heterocycles. The second kappa shape index (κ2) is 8.41. The van der Waals surface area contributed by atoms with Gasteiger partial charge in [0.2, 0.25) is 0 Å². The maximum atomic E-state index is 12.7. The summed E-state index contributed by atoms with van der Waals surface area (Å²) in [6.45, 7) is 1.71. The molecular formula is C20H23ClN2O5. The molecule has 2 aromatic rings. The van der Waals surface area contributed by atoms with Gasteiger partial charge in [-0.2, -0.15) is 0 Å². The number of benzene rings is 1. The molecule has 3 N–H and O–H groups in total. The molecule has 3 rings (SSSR count). The number of carboxylic acid groups (broad SMARTS) is 1. The number of carbonyl (C=O) groups is 3. The first-order valence-corrected chi connectivity index (χ1v) is 9.77. The Morgan fingerprint density at radius 3 is 2.75 bits per heavy atom. The van der Waals surface area contributed by atoms with E-state index < -0.39 is 12.0 Å². The van der Waals surface area contributed by atoms with Crippen LogP contribution in [0.2, 0.25) is 5.02 Å². The number of hydrogen-bond acceptors (Lipinski definition) is 6. The highest BCUT2D eigenvalue weighted by molar-refractivity contribution is 6.35. The molecule has 150 valence electrons. The fourth-order valence-corrected chi connectivity index (χ4v) is 3.70. The van der Waals surface area contributed by atoms with Crippen molar-refractivity contribution in [2.75, 3.05) is 0 Å². The number of nitrogens with two attached hydrogens (primary N) is 1. The highest BCUT2D eigenvalue weighted by Gasteiger charge is 2.47. The normalized spacial score (nSPS) is 19.5. The van der Waals surface area contributed by atoms with Crippen molar-refractivity contribution in [3.63, 3.8) is 0 Å². The van der Waals surface area contributed by atoms with Gasteiger partial charge in [0.1, 0.15) is 17.3 Å². The van der Waals surface area contributed by atoms with E-state index in [4.69, 9.17) is 26.9 Å². The number of oxazole rings is 1. The molecule has 0 aliphatic heterocycles. The van der Waals surface area contributed by atoms with E-state index in [0.717, 1.165) is 6.42 Å². The van der Waals surface area contributed by atoms with Crippen LogP contribution in [0.5, 0.6) is 0 Å². The van der Waals surface area contributed by atoms with E-state index in [9.17, 15) is 14.4 Å². The molecule has 0 saturated heterocycles. The summed E-state index contributed by atoms with van der Waals surface area (Å²) >= 11 is 6.19. The Balaban J connectivity index is 1.49. The van der Waals surface area contributed by atoms with E-state index in [1.165, 1.54) is 0 Å². The van der Waals surface area contributed by atoms with Gasteiger partial charge >= 0.3 is 5.97 Å². The summed E-state index contributed by atoms with van der Waals surface area (Å²) in [5, 5.41) is 9.07. The fourth-order valence-electron chi connectivity index (χ4n) is 3.45. The zero-order valence-corrected chi connectivity index (χ0v) is 16.4. The molecule has 28 heavy (non-hydrogen) atoms. The summed E-state index contributed by atoms with van der Waals surface area (Å²) in [5.74, 6) is -1.06. The number of ketones is 2. The van der Waals surface area contributed by atoms with Crippen LogP contribution >= 0.6 is 11.6 Å². The lowest BCUT2D eigenvalue weighted by molar-refractivity contribution is -0.138. The summed E-state index contributed by atoms with van der Waals surface area (Å²) in [6, 6.07) is 2.38.